The number of rotatable bonds is 13. The lowest BCUT2D eigenvalue weighted by Crippen LogP contribution is -2.40. The maximum atomic E-state index is 13.3. The van der Waals surface area contributed by atoms with Gasteiger partial charge in [0.25, 0.3) is 11.8 Å². The first kappa shape index (κ1) is 31.7. The molecule has 4 aliphatic heterocycles. The molecule has 0 radical (unpaired) electrons. The van der Waals surface area contributed by atoms with Gasteiger partial charge in [0.15, 0.2) is 0 Å². The van der Waals surface area contributed by atoms with Crippen molar-refractivity contribution in [2.24, 2.45) is 9.98 Å². The van der Waals surface area contributed by atoms with E-state index in [2.05, 4.69) is 23.1 Å². The van der Waals surface area contributed by atoms with Gasteiger partial charge in [-0.05, 0) is 60.4 Å². The molecule has 4 heterocycles. The average molecular weight is 627 g/mol. The molecule has 2 amide bonds. The SMILES string of the molecule is C=C1CN2C(=O)c3cc(OC)ccc3N=C[C@@H]2C1OCCCCCCCCOC1C(=C)CN2C(=O)c3cc(OC)ccc3N=C[C@H]12. The summed E-state index contributed by atoms with van der Waals surface area (Å²) >= 11 is 0. The molecule has 4 atom stereocenters. The number of benzene rings is 2. The zero-order valence-corrected chi connectivity index (χ0v) is 26.7. The van der Waals surface area contributed by atoms with E-state index in [1.165, 1.54) is 0 Å². The van der Waals surface area contributed by atoms with Crippen molar-refractivity contribution in [3.63, 3.8) is 0 Å². The van der Waals surface area contributed by atoms with E-state index in [0.29, 0.717) is 60.3 Å². The maximum Gasteiger partial charge on any atom is 0.257 e. The Labute approximate surface area is 270 Å². The average Bonchev–Trinajstić information content (AvgIpc) is 3.47. The predicted octanol–water partition coefficient (Wildman–Crippen LogP) is 5.71. The van der Waals surface area contributed by atoms with Gasteiger partial charge in [-0.1, -0.05) is 38.8 Å². The van der Waals surface area contributed by atoms with Gasteiger partial charge in [-0.2, -0.15) is 0 Å². The third kappa shape index (κ3) is 6.37. The number of carbonyl (C=O) groups excluding carboxylic acids is 2. The molecule has 10 heteroatoms. The molecule has 0 aromatic heterocycles. The summed E-state index contributed by atoms with van der Waals surface area (Å²) in [6.45, 7) is 10.5. The molecule has 0 bridgehead atoms. The molecular weight excluding hydrogens is 584 g/mol. The van der Waals surface area contributed by atoms with Gasteiger partial charge < -0.3 is 28.7 Å². The largest absolute Gasteiger partial charge is 0.497 e. The van der Waals surface area contributed by atoms with Crippen molar-refractivity contribution in [3.05, 3.63) is 71.8 Å². The predicted molar refractivity (Wildman–Crippen MR) is 177 cm³/mol. The van der Waals surface area contributed by atoms with Crippen LogP contribution in [0, 0.1) is 0 Å². The highest BCUT2D eigenvalue weighted by Gasteiger charge is 2.43. The van der Waals surface area contributed by atoms with E-state index in [4.69, 9.17) is 18.9 Å². The van der Waals surface area contributed by atoms with E-state index in [-0.39, 0.29) is 36.1 Å². The van der Waals surface area contributed by atoms with Crippen molar-refractivity contribution in [1.29, 1.82) is 0 Å². The van der Waals surface area contributed by atoms with Crippen LogP contribution in [0.1, 0.15) is 59.2 Å². The van der Waals surface area contributed by atoms with Crippen LogP contribution in [-0.2, 0) is 9.47 Å². The third-order valence-corrected chi connectivity index (χ3v) is 9.15. The van der Waals surface area contributed by atoms with E-state index in [1.54, 1.807) is 36.2 Å². The number of amides is 2. The Kier molecular flexibility index (Phi) is 9.65. The summed E-state index contributed by atoms with van der Waals surface area (Å²) in [6.07, 6.45) is 9.34. The van der Waals surface area contributed by atoms with E-state index in [1.807, 2.05) is 36.7 Å². The molecule has 0 saturated carbocycles. The molecule has 4 aliphatic rings. The number of nitrogens with zero attached hydrogens (tertiary/aromatic N) is 4. The zero-order chi connectivity index (χ0) is 32.2. The molecule has 0 spiro atoms. The molecule has 2 fully saturated rings. The highest BCUT2D eigenvalue weighted by atomic mass is 16.5. The zero-order valence-electron chi connectivity index (χ0n) is 26.7. The Balaban J connectivity index is 0.886. The topological polar surface area (TPSA) is 102 Å². The van der Waals surface area contributed by atoms with Crippen LogP contribution in [0.2, 0.25) is 0 Å². The second-order valence-electron chi connectivity index (χ2n) is 12.2. The third-order valence-electron chi connectivity index (χ3n) is 9.15. The molecule has 2 aromatic rings. The molecule has 242 valence electrons. The van der Waals surface area contributed by atoms with Gasteiger partial charge in [0.2, 0.25) is 0 Å². The molecular formula is C36H42N4O6. The summed E-state index contributed by atoms with van der Waals surface area (Å²) in [4.78, 5) is 39.4. The summed E-state index contributed by atoms with van der Waals surface area (Å²) in [5.41, 5.74) is 4.15. The molecule has 6 rings (SSSR count). The minimum Gasteiger partial charge on any atom is -0.497 e. The number of unbranched alkanes of at least 4 members (excludes halogenated alkanes) is 5. The fourth-order valence-corrected chi connectivity index (χ4v) is 6.61. The minimum absolute atomic E-state index is 0.0790. The van der Waals surface area contributed by atoms with Crippen molar-refractivity contribution >= 4 is 35.6 Å². The minimum atomic E-state index is -0.261. The van der Waals surface area contributed by atoms with E-state index in [9.17, 15) is 9.59 Å². The highest BCUT2D eigenvalue weighted by molar-refractivity contribution is 6.04. The quantitative estimate of drug-likeness (QED) is 0.209. The van der Waals surface area contributed by atoms with Crippen molar-refractivity contribution in [2.75, 3.05) is 40.5 Å². The smallest absolute Gasteiger partial charge is 0.257 e. The Morgan fingerprint density at radius 2 is 1.09 bits per heavy atom. The first-order valence-corrected chi connectivity index (χ1v) is 16.0. The van der Waals surface area contributed by atoms with Crippen molar-refractivity contribution < 1.29 is 28.5 Å². The van der Waals surface area contributed by atoms with Crippen LogP contribution in [0.3, 0.4) is 0 Å². The number of fused-ring (bicyclic) bond motifs is 4. The monoisotopic (exact) mass is 626 g/mol. The molecule has 46 heavy (non-hydrogen) atoms. The van der Waals surface area contributed by atoms with E-state index >= 15 is 0 Å². The van der Waals surface area contributed by atoms with E-state index in [0.717, 1.165) is 49.7 Å². The van der Waals surface area contributed by atoms with Gasteiger partial charge >= 0.3 is 0 Å². The number of hydrogen-bond acceptors (Lipinski definition) is 8. The molecule has 2 saturated heterocycles. The lowest BCUT2D eigenvalue weighted by Gasteiger charge is -2.23. The number of ether oxygens (including phenoxy) is 4. The summed E-state index contributed by atoms with van der Waals surface area (Å²) in [6, 6.07) is 10.2. The second kappa shape index (κ2) is 14.0. The van der Waals surface area contributed by atoms with Crippen LogP contribution in [0.5, 0.6) is 11.5 Å². The van der Waals surface area contributed by atoms with Gasteiger partial charge in [0.1, 0.15) is 23.7 Å². The summed E-state index contributed by atoms with van der Waals surface area (Å²) in [7, 11) is 3.17. The Hall–Kier alpha value is -4.28. The van der Waals surface area contributed by atoms with Crippen molar-refractivity contribution in [2.45, 2.75) is 62.8 Å². The molecule has 2 aromatic carbocycles. The second-order valence-corrected chi connectivity index (χ2v) is 12.2. The van der Waals surface area contributed by atoms with Gasteiger partial charge in [-0.15, -0.1) is 0 Å². The first-order chi connectivity index (χ1) is 22.4. The van der Waals surface area contributed by atoms with Gasteiger partial charge in [-0.25, -0.2) is 0 Å². The fraction of sp³-hybridized carbons (Fsp3) is 0.444. The van der Waals surface area contributed by atoms with Crippen molar-refractivity contribution in [1.82, 2.24) is 9.80 Å². The van der Waals surface area contributed by atoms with Crippen LogP contribution >= 0.6 is 0 Å². The highest BCUT2D eigenvalue weighted by Crippen LogP contribution is 2.35. The Bertz CT molecular complexity index is 1450. The van der Waals surface area contributed by atoms with Crippen LogP contribution in [0.25, 0.3) is 0 Å². The standard InChI is InChI=1S/C36H42N4O6/c1-23-21-39-31(19-37-29-13-11-25(43-3)17-27(29)35(39)41)33(23)45-15-9-7-5-6-8-10-16-46-34-24(2)22-40-32(34)20-38-30-14-12-26(44-4)18-28(30)36(40)42/h11-14,17-20,31-34H,1-2,5-10,15-16,21-22H2,3-4H3/t31-,32-,33?,34?/m1/s1. The summed E-state index contributed by atoms with van der Waals surface area (Å²) < 4.78 is 23.1. The molecule has 10 nitrogen and oxygen atoms in total. The van der Waals surface area contributed by atoms with Crippen LogP contribution < -0.4 is 9.47 Å². The Morgan fingerprint density at radius 3 is 1.50 bits per heavy atom. The van der Waals surface area contributed by atoms with Gasteiger partial charge in [-0.3, -0.25) is 19.6 Å². The van der Waals surface area contributed by atoms with Gasteiger partial charge in [0.05, 0.1) is 48.8 Å². The lowest BCUT2D eigenvalue weighted by atomic mass is 10.1. The summed E-state index contributed by atoms with van der Waals surface area (Å²) in [5, 5.41) is 0. The summed E-state index contributed by atoms with van der Waals surface area (Å²) in [5.74, 6) is 1.10. The fourth-order valence-electron chi connectivity index (χ4n) is 6.61. The lowest BCUT2D eigenvalue weighted by molar-refractivity contribution is 0.0500. The number of aliphatic imine (C=N–C) groups is 2. The van der Waals surface area contributed by atoms with E-state index < -0.39 is 0 Å². The van der Waals surface area contributed by atoms with Crippen LogP contribution in [0.15, 0.2) is 70.7 Å². The molecule has 0 N–H and O–H groups in total. The van der Waals surface area contributed by atoms with Gasteiger partial charge in [0, 0.05) is 38.7 Å². The molecule has 0 aliphatic carbocycles. The number of carbonyl (C=O) groups is 2. The first-order valence-electron chi connectivity index (χ1n) is 16.0. The molecule has 2 unspecified atom stereocenters. The van der Waals surface area contributed by atoms with Crippen LogP contribution in [-0.4, -0.2) is 98.9 Å². The number of methoxy groups -OCH3 is 2. The van der Waals surface area contributed by atoms with Crippen LogP contribution in [0.4, 0.5) is 11.4 Å². The van der Waals surface area contributed by atoms with Crippen molar-refractivity contribution in [3.8, 4) is 11.5 Å². The normalized spacial score (nSPS) is 23.2. The Morgan fingerprint density at radius 1 is 0.674 bits per heavy atom. The maximum absolute atomic E-state index is 13.3. The number of hydrogen-bond donors (Lipinski definition) is 0.